The third kappa shape index (κ3) is 4.53. The average molecular weight is 645 g/mol. The van der Waals surface area contributed by atoms with E-state index in [9.17, 15) is 9.50 Å². The highest BCUT2D eigenvalue weighted by Crippen LogP contribution is 2.49. The number of aromatic nitrogens is 5. The van der Waals surface area contributed by atoms with Gasteiger partial charge in [-0.3, -0.25) is 4.68 Å². The first kappa shape index (κ1) is 29.2. The van der Waals surface area contributed by atoms with Crippen LogP contribution in [0.4, 0.5) is 13.2 Å². The molecule has 0 amide bonds. The van der Waals surface area contributed by atoms with Gasteiger partial charge in [-0.1, -0.05) is 6.07 Å². The molecule has 2 aromatic carbocycles. The van der Waals surface area contributed by atoms with Crippen molar-refractivity contribution in [3.63, 3.8) is 0 Å². The van der Waals surface area contributed by atoms with E-state index in [-0.39, 0.29) is 40.0 Å². The zero-order valence-corrected chi connectivity index (χ0v) is 26.4. The molecule has 0 saturated heterocycles. The molecule has 0 bridgehead atoms. The predicted octanol–water partition coefficient (Wildman–Crippen LogP) is 7.23. The van der Waals surface area contributed by atoms with Crippen LogP contribution in [0.2, 0.25) is 0 Å². The molecule has 12 heteroatoms. The molecule has 1 fully saturated rings. The topological polar surface area (TPSA) is 90.0 Å². The van der Waals surface area contributed by atoms with Gasteiger partial charge in [-0.2, -0.15) is 5.10 Å². The number of benzene rings is 2. The van der Waals surface area contributed by atoms with Gasteiger partial charge in [0.25, 0.3) is 0 Å². The lowest BCUT2D eigenvalue weighted by Gasteiger charge is -2.32. The molecule has 6 aromatic rings. The summed E-state index contributed by atoms with van der Waals surface area (Å²) in [5.74, 6) is -1.52. The fraction of sp³-hybridized carbons (Fsp3) is 0.324. The maximum Gasteiger partial charge on any atom is 0.142 e. The maximum absolute atomic E-state index is 16.1. The maximum atomic E-state index is 16.1. The molecule has 0 spiro atoms. The van der Waals surface area contributed by atoms with E-state index < -0.39 is 29.7 Å². The predicted molar refractivity (Wildman–Crippen MR) is 171 cm³/mol. The lowest BCUT2D eigenvalue weighted by Crippen LogP contribution is -2.37. The second kappa shape index (κ2) is 10.6. The largest absolute Gasteiger partial charge is 0.489 e. The van der Waals surface area contributed by atoms with Crippen molar-refractivity contribution < 1.29 is 23.0 Å². The zero-order valence-electron chi connectivity index (χ0n) is 25.6. The van der Waals surface area contributed by atoms with Crippen LogP contribution in [-0.2, 0) is 7.05 Å². The van der Waals surface area contributed by atoms with E-state index in [2.05, 4.69) is 5.32 Å². The van der Waals surface area contributed by atoms with E-state index in [0.29, 0.717) is 35.5 Å². The SMILES string of the molecule is Cc1nc2cc(-c3nc(-c4cc5n(n4)[C@@H](C)CN[C@@H]5C)c(-c4c(F)cc(F)cc4OC4CC(O)C4)c4c(F)csc34)ccc2n1C. The Morgan fingerprint density at radius 3 is 2.57 bits per heavy atom. The van der Waals surface area contributed by atoms with Crippen molar-refractivity contribution in [1.29, 1.82) is 0 Å². The third-order valence-corrected chi connectivity index (χ3v) is 10.2. The molecule has 8 rings (SSSR count). The quantitative estimate of drug-likeness (QED) is 0.206. The van der Waals surface area contributed by atoms with Crippen molar-refractivity contribution in [2.45, 2.75) is 57.9 Å². The van der Waals surface area contributed by atoms with Crippen LogP contribution >= 0.6 is 11.3 Å². The molecule has 2 atom stereocenters. The van der Waals surface area contributed by atoms with Crippen LogP contribution in [0.25, 0.3) is 54.9 Å². The molecular formula is C34H31F3N6O2S. The lowest BCUT2D eigenvalue weighted by atomic mass is 9.91. The summed E-state index contributed by atoms with van der Waals surface area (Å²) in [6.07, 6.45) is -0.320. The van der Waals surface area contributed by atoms with Gasteiger partial charge in [0.2, 0.25) is 0 Å². The minimum Gasteiger partial charge on any atom is -0.489 e. The number of aliphatic hydroxyl groups is 1. The number of rotatable bonds is 5. The smallest absolute Gasteiger partial charge is 0.142 e. The Balaban J connectivity index is 1.44. The number of aliphatic hydroxyl groups excluding tert-OH is 1. The van der Waals surface area contributed by atoms with Gasteiger partial charge in [0.1, 0.15) is 46.5 Å². The summed E-state index contributed by atoms with van der Waals surface area (Å²) in [5, 5.41) is 19.8. The van der Waals surface area contributed by atoms with Crippen LogP contribution in [-0.4, -0.2) is 48.2 Å². The molecule has 2 aliphatic rings. The molecule has 1 aliphatic carbocycles. The molecule has 4 aromatic heterocycles. The Bertz CT molecular complexity index is 2160. The number of thiophene rings is 1. The first-order valence-corrected chi connectivity index (χ1v) is 16.2. The van der Waals surface area contributed by atoms with Crippen molar-refractivity contribution in [3.05, 3.63) is 70.7 Å². The summed E-state index contributed by atoms with van der Waals surface area (Å²) in [5.41, 5.74) is 4.58. The van der Waals surface area contributed by atoms with Gasteiger partial charge < -0.3 is 19.7 Å². The molecule has 0 radical (unpaired) electrons. The van der Waals surface area contributed by atoms with Crippen LogP contribution in [0, 0.1) is 24.4 Å². The summed E-state index contributed by atoms with van der Waals surface area (Å²) in [7, 11) is 1.95. The number of nitrogens with one attached hydrogen (secondary N) is 1. The Morgan fingerprint density at radius 2 is 1.80 bits per heavy atom. The van der Waals surface area contributed by atoms with Crippen molar-refractivity contribution in [1.82, 2.24) is 29.6 Å². The normalized spacial score (nSPS) is 21.1. The Morgan fingerprint density at radius 1 is 1.00 bits per heavy atom. The Kier molecular flexibility index (Phi) is 6.75. The number of halogens is 3. The first-order chi connectivity index (χ1) is 22.1. The van der Waals surface area contributed by atoms with Crippen molar-refractivity contribution in [3.8, 4) is 39.5 Å². The summed E-state index contributed by atoms with van der Waals surface area (Å²) in [4.78, 5) is 9.84. The van der Waals surface area contributed by atoms with Gasteiger partial charge in [-0.25, -0.2) is 23.1 Å². The molecule has 236 valence electrons. The zero-order chi connectivity index (χ0) is 32.0. The van der Waals surface area contributed by atoms with Crippen LogP contribution in [0.5, 0.6) is 5.75 Å². The third-order valence-electron chi connectivity index (χ3n) is 9.27. The van der Waals surface area contributed by atoms with Crippen molar-refractivity contribution in [2.75, 3.05) is 6.54 Å². The number of hydrogen-bond donors (Lipinski definition) is 2. The summed E-state index contributed by atoms with van der Waals surface area (Å²) < 4.78 is 57.5. The Labute approximate surface area is 266 Å². The highest BCUT2D eigenvalue weighted by atomic mass is 32.1. The number of ether oxygens (including phenoxy) is 1. The number of hydrogen-bond acceptors (Lipinski definition) is 7. The van der Waals surface area contributed by atoms with Crippen LogP contribution in [0.3, 0.4) is 0 Å². The van der Waals surface area contributed by atoms with E-state index in [0.717, 1.165) is 40.2 Å². The van der Waals surface area contributed by atoms with Crippen LogP contribution < -0.4 is 10.1 Å². The lowest BCUT2D eigenvalue weighted by molar-refractivity contribution is -0.0107. The van der Waals surface area contributed by atoms with Gasteiger partial charge in [0, 0.05) is 66.5 Å². The molecule has 8 nitrogen and oxygen atoms in total. The molecule has 5 heterocycles. The van der Waals surface area contributed by atoms with E-state index >= 15 is 8.78 Å². The standard InChI is InChI=1S/C34H31F3N6O2S/c1-15-13-38-16(2)27-12-25(41-43(15)27)33-31(29-22(36)8-19(35)9-28(29)45-21-10-20(44)11-21)30-23(37)14-46-34(30)32(40-33)18-5-6-26-24(7-18)39-17(3)42(26)4/h5-9,12,14-16,20-21,38,44H,10-11,13H2,1-4H3/t15-,16+,20?,21?/m0/s1. The number of pyridine rings is 1. The van der Waals surface area contributed by atoms with E-state index in [1.165, 1.54) is 16.7 Å². The minimum atomic E-state index is -0.907. The molecule has 46 heavy (non-hydrogen) atoms. The van der Waals surface area contributed by atoms with Gasteiger partial charge in [-0.15, -0.1) is 11.3 Å². The highest BCUT2D eigenvalue weighted by Gasteiger charge is 2.34. The second-order valence-electron chi connectivity index (χ2n) is 12.4. The second-order valence-corrected chi connectivity index (χ2v) is 13.3. The number of aryl methyl sites for hydroxylation is 2. The fourth-order valence-corrected chi connectivity index (χ4v) is 7.54. The number of imidazole rings is 1. The molecule has 1 saturated carbocycles. The van der Waals surface area contributed by atoms with Gasteiger partial charge in [0.05, 0.1) is 44.8 Å². The van der Waals surface area contributed by atoms with Crippen molar-refractivity contribution >= 4 is 32.5 Å². The number of fused-ring (bicyclic) bond motifs is 3. The van der Waals surface area contributed by atoms with E-state index in [1.54, 1.807) is 0 Å². The van der Waals surface area contributed by atoms with Gasteiger partial charge >= 0.3 is 0 Å². The van der Waals surface area contributed by atoms with E-state index in [4.69, 9.17) is 19.8 Å². The highest BCUT2D eigenvalue weighted by molar-refractivity contribution is 7.17. The van der Waals surface area contributed by atoms with Gasteiger partial charge in [-0.05, 0) is 39.0 Å². The molecule has 1 aliphatic heterocycles. The monoisotopic (exact) mass is 644 g/mol. The number of nitrogens with zero attached hydrogens (tertiary/aromatic N) is 5. The summed E-state index contributed by atoms with van der Waals surface area (Å²) in [6, 6.07) is 9.61. The van der Waals surface area contributed by atoms with Crippen LogP contribution in [0.15, 0.2) is 41.8 Å². The summed E-state index contributed by atoms with van der Waals surface area (Å²) >= 11 is 1.17. The first-order valence-electron chi connectivity index (χ1n) is 15.3. The minimum absolute atomic E-state index is 0.0108. The Hall–Kier alpha value is -4.26. The molecule has 2 N–H and O–H groups in total. The molecular weight excluding hydrogens is 613 g/mol. The summed E-state index contributed by atoms with van der Waals surface area (Å²) in [6.45, 7) is 6.72. The average Bonchev–Trinajstić information content (AvgIpc) is 3.70. The van der Waals surface area contributed by atoms with Crippen molar-refractivity contribution in [2.24, 2.45) is 7.05 Å². The molecule has 0 unspecified atom stereocenters. The van der Waals surface area contributed by atoms with E-state index in [1.807, 2.05) is 61.3 Å². The van der Waals surface area contributed by atoms with Gasteiger partial charge in [0.15, 0.2) is 0 Å². The van der Waals surface area contributed by atoms with Crippen LogP contribution in [0.1, 0.15) is 50.3 Å². The fourth-order valence-electron chi connectivity index (χ4n) is 6.61.